The van der Waals surface area contributed by atoms with Gasteiger partial charge < -0.3 is 14.8 Å². The normalized spacial score (nSPS) is 10.8. The first-order valence-electron chi connectivity index (χ1n) is 9.85. The Hall–Kier alpha value is -4.04. The van der Waals surface area contributed by atoms with Crippen LogP contribution in [0, 0.1) is 25.2 Å². The van der Waals surface area contributed by atoms with E-state index in [0.717, 1.165) is 16.7 Å². The highest BCUT2D eigenvalue weighted by Gasteiger charge is 2.13. The average molecular weight is 412 g/mol. The lowest BCUT2D eigenvalue weighted by atomic mass is 10.1. The second-order valence-electron chi connectivity index (χ2n) is 7.12. The summed E-state index contributed by atoms with van der Waals surface area (Å²) in [5.41, 5.74) is 4.35. The number of methoxy groups -OCH3 is 1. The number of amides is 1. The zero-order chi connectivity index (χ0) is 22.2. The molecule has 31 heavy (non-hydrogen) atoms. The van der Waals surface area contributed by atoms with Gasteiger partial charge in [0.05, 0.1) is 7.11 Å². The molecule has 0 saturated heterocycles. The van der Waals surface area contributed by atoms with Crippen molar-refractivity contribution in [3.05, 3.63) is 94.6 Å². The van der Waals surface area contributed by atoms with Crippen LogP contribution in [-0.2, 0) is 11.4 Å². The Morgan fingerprint density at radius 2 is 1.87 bits per heavy atom. The van der Waals surface area contributed by atoms with Gasteiger partial charge in [-0.15, -0.1) is 0 Å². The molecule has 3 aromatic carbocycles. The summed E-state index contributed by atoms with van der Waals surface area (Å²) >= 11 is 0. The second kappa shape index (κ2) is 10.1. The Morgan fingerprint density at radius 1 is 1.06 bits per heavy atom. The summed E-state index contributed by atoms with van der Waals surface area (Å²) < 4.78 is 11.3. The highest BCUT2D eigenvalue weighted by atomic mass is 16.5. The van der Waals surface area contributed by atoms with Gasteiger partial charge in [0.1, 0.15) is 29.7 Å². The summed E-state index contributed by atoms with van der Waals surface area (Å²) in [5.74, 6) is 0.675. The van der Waals surface area contributed by atoms with Crippen molar-refractivity contribution in [1.29, 1.82) is 5.26 Å². The van der Waals surface area contributed by atoms with Gasteiger partial charge >= 0.3 is 0 Å². The third kappa shape index (κ3) is 5.74. The lowest BCUT2D eigenvalue weighted by Crippen LogP contribution is -2.14. The van der Waals surface area contributed by atoms with Crippen LogP contribution in [-0.4, -0.2) is 13.0 Å². The van der Waals surface area contributed by atoms with Gasteiger partial charge in [-0.05, 0) is 49.2 Å². The number of nitriles is 1. The highest BCUT2D eigenvalue weighted by molar-refractivity contribution is 6.10. The largest absolute Gasteiger partial charge is 0.497 e. The van der Waals surface area contributed by atoms with Gasteiger partial charge in [-0.1, -0.05) is 48.0 Å². The van der Waals surface area contributed by atoms with Crippen LogP contribution in [0.4, 0.5) is 5.69 Å². The fraction of sp³-hybridized carbons (Fsp3) is 0.154. The SMILES string of the molecule is COc1ccc(/C=C(\C#N)C(=O)Nc2ccccc2C)c(OCc2cccc(C)c2)c1. The molecule has 0 saturated carbocycles. The van der Waals surface area contributed by atoms with Crippen LogP contribution in [0.2, 0.25) is 0 Å². The number of carbonyl (C=O) groups is 1. The Kier molecular flexibility index (Phi) is 7.08. The zero-order valence-electron chi connectivity index (χ0n) is 17.8. The topological polar surface area (TPSA) is 71.3 Å². The van der Waals surface area contributed by atoms with Crippen LogP contribution in [0.5, 0.6) is 11.5 Å². The van der Waals surface area contributed by atoms with E-state index in [4.69, 9.17) is 9.47 Å². The van der Waals surface area contributed by atoms with Crippen LogP contribution in [0.1, 0.15) is 22.3 Å². The molecule has 0 spiro atoms. The minimum atomic E-state index is -0.475. The molecular weight excluding hydrogens is 388 g/mol. The van der Waals surface area contributed by atoms with E-state index in [1.165, 1.54) is 6.08 Å². The first kappa shape index (κ1) is 21.7. The molecular formula is C26H24N2O3. The van der Waals surface area contributed by atoms with E-state index in [1.807, 2.05) is 62.4 Å². The number of nitrogens with zero attached hydrogens (tertiary/aromatic N) is 1. The van der Waals surface area contributed by atoms with Crippen molar-refractivity contribution in [3.8, 4) is 17.6 Å². The van der Waals surface area contributed by atoms with Crippen molar-refractivity contribution in [1.82, 2.24) is 0 Å². The van der Waals surface area contributed by atoms with Crippen LogP contribution in [0.3, 0.4) is 0 Å². The van der Waals surface area contributed by atoms with Gasteiger partial charge in [-0.25, -0.2) is 0 Å². The summed E-state index contributed by atoms with van der Waals surface area (Å²) in [7, 11) is 1.57. The number of hydrogen-bond acceptors (Lipinski definition) is 4. The number of ether oxygens (including phenoxy) is 2. The molecule has 0 unspecified atom stereocenters. The van der Waals surface area contributed by atoms with Crippen molar-refractivity contribution in [3.63, 3.8) is 0 Å². The fourth-order valence-electron chi connectivity index (χ4n) is 3.06. The molecule has 0 aromatic heterocycles. The van der Waals surface area contributed by atoms with Crippen molar-refractivity contribution < 1.29 is 14.3 Å². The first-order chi connectivity index (χ1) is 15.0. The Morgan fingerprint density at radius 3 is 2.58 bits per heavy atom. The standard InChI is InChI=1S/C26H24N2O3/c1-18-7-6-9-20(13-18)17-31-25-15-23(30-3)12-11-21(25)14-22(16-27)26(29)28-24-10-5-4-8-19(24)2/h4-15H,17H2,1-3H3,(H,28,29)/b22-14+. The molecule has 5 heteroatoms. The second-order valence-corrected chi connectivity index (χ2v) is 7.12. The molecule has 3 aromatic rings. The van der Waals surface area contributed by atoms with E-state index < -0.39 is 5.91 Å². The molecule has 5 nitrogen and oxygen atoms in total. The number of aryl methyl sites for hydroxylation is 2. The number of nitrogens with one attached hydrogen (secondary N) is 1. The van der Waals surface area contributed by atoms with Gasteiger partial charge in [0.2, 0.25) is 0 Å². The predicted molar refractivity (Wildman–Crippen MR) is 122 cm³/mol. The van der Waals surface area contributed by atoms with Gasteiger partial charge in [-0.3, -0.25) is 4.79 Å². The third-order valence-corrected chi connectivity index (χ3v) is 4.76. The molecule has 1 amide bonds. The van der Waals surface area contributed by atoms with E-state index in [-0.39, 0.29) is 5.57 Å². The lowest BCUT2D eigenvalue weighted by molar-refractivity contribution is -0.112. The van der Waals surface area contributed by atoms with Crippen LogP contribution >= 0.6 is 0 Å². The molecule has 0 bridgehead atoms. The number of carbonyl (C=O) groups excluding carboxylic acids is 1. The van der Waals surface area contributed by atoms with Crippen molar-refractivity contribution >= 4 is 17.7 Å². The maximum Gasteiger partial charge on any atom is 0.266 e. The Labute approximate surface area is 182 Å². The van der Waals surface area contributed by atoms with E-state index in [9.17, 15) is 10.1 Å². The molecule has 0 aliphatic rings. The van der Waals surface area contributed by atoms with E-state index in [0.29, 0.717) is 29.4 Å². The average Bonchev–Trinajstić information content (AvgIpc) is 2.78. The molecule has 0 atom stereocenters. The van der Waals surface area contributed by atoms with Crippen molar-refractivity contribution in [2.24, 2.45) is 0 Å². The molecule has 0 fully saturated rings. The fourth-order valence-corrected chi connectivity index (χ4v) is 3.06. The van der Waals surface area contributed by atoms with Crippen LogP contribution in [0.25, 0.3) is 6.08 Å². The summed E-state index contributed by atoms with van der Waals surface area (Å²) in [6, 6.07) is 22.7. The molecule has 0 aliphatic carbocycles. The van der Waals surface area contributed by atoms with Gasteiger partial charge in [0.25, 0.3) is 5.91 Å². The monoisotopic (exact) mass is 412 g/mol. The predicted octanol–water partition coefficient (Wildman–Crippen LogP) is 5.44. The number of benzene rings is 3. The molecule has 3 rings (SSSR count). The van der Waals surface area contributed by atoms with Gasteiger partial charge in [0.15, 0.2) is 0 Å². The van der Waals surface area contributed by atoms with E-state index in [1.54, 1.807) is 31.4 Å². The lowest BCUT2D eigenvalue weighted by Gasteiger charge is -2.12. The zero-order valence-corrected chi connectivity index (χ0v) is 17.8. The quantitative estimate of drug-likeness (QED) is 0.414. The molecule has 156 valence electrons. The maximum atomic E-state index is 12.7. The summed E-state index contributed by atoms with van der Waals surface area (Å²) in [4.78, 5) is 12.7. The summed E-state index contributed by atoms with van der Waals surface area (Å²) in [6.45, 7) is 4.27. The molecule has 1 N–H and O–H groups in total. The van der Waals surface area contributed by atoms with Crippen LogP contribution in [0.15, 0.2) is 72.3 Å². The summed E-state index contributed by atoms with van der Waals surface area (Å²) in [6.07, 6.45) is 1.53. The molecule has 0 aliphatic heterocycles. The number of anilines is 1. The smallest absolute Gasteiger partial charge is 0.266 e. The van der Waals surface area contributed by atoms with Gasteiger partial charge in [-0.2, -0.15) is 5.26 Å². The van der Waals surface area contributed by atoms with Crippen molar-refractivity contribution in [2.45, 2.75) is 20.5 Å². The number of rotatable bonds is 7. The first-order valence-corrected chi connectivity index (χ1v) is 9.85. The van der Waals surface area contributed by atoms with Crippen molar-refractivity contribution in [2.75, 3.05) is 12.4 Å². The number of para-hydroxylation sites is 1. The van der Waals surface area contributed by atoms with E-state index >= 15 is 0 Å². The Bertz CT molecular complexity index is 1160. The van der Waals surface area contributed by atoms with Gasteiger partial charge in [0, 0.05) is 17.3 Å². The minimum Gasteiger partial charge on any atom is -0.497 e. The number of hydrogen-bond donors (Lipinski definition) is 1. The Balaban J connectivity index is 1.87. The third-order valence-electron chi connectivity index (χ3n) is 4.76. The molecule has 0 heterocycles. The maximum absolute atomic E-state index is 12.7. The molecule has 0 radical (unpaired) electrons. The van der Waals surface area contributed by atoms with E-state index in [2.05, 4.69) is 5.32 Å². The van der Waals surface area contributed by atoms with Crippen LogP contribution < -0.4 is 14.8 Å². The highest BCUT2D eigenvalue weighted by Crippen LogP contribution is 2.28. The summed E-state index contributed by atoms with van der Waals surface area (Å²) in [5, 5.41) is 12.4. The minimum absolute atomic E-state index is 0.0196.